The van der Waals surface area contributed by atoms with E-state index in [9.17, 15) is 13.6 Å². The first-order chi connectivity index (χ1) is 8.02. The molecule has 0 aliphatic carbocycles. The summed E-state index contributed by atoms with van der Waals surface area (Å²) in [4.78, 5) is 11.5. The summed E-state index contributed by atoms with van der Waals surface area (Å²) >= 11 is 0.981. The van der Waals surface area contributed by atoms with Crippen molar-refractivity contribution in [3.63, 3.8) is 0 Å². The van der Waals surface area contributed by atoms with E-state index >= 15 is 0 Å². The van der Waals surface area contributed by atoms with E-state index in [1.54, 1.807) is 6.92 Å². The van der Waals surface area contributed by atoms with Crippen LogP contribution in [0.1, 0.15) is 6.92 Å². The molecule has 0 radical (unpaired) electrons. The van der Waals surface area contributed by atoms with Crippen molar-refractivity contribution in [3.05, 3.63) is 29.8 Å². The zero-order chi connectivity index (χ0) is 12.8. The van der Waals surface area contributed by atoms with Crippen molar-refractivity contribution in [3.8, 4) is 0 Å². The first-order valence-corrected chi connectivity index (χ1v) is 5.99. The van der Waals surface area contributed by atoms with Crippen molar-refractivity contribution in [1.82, 2.24) is 5.32 Å². The van der Waals surface area contributed by atoms with Crippen molar-refractivity contribution in [2.24, 2.45) is 0 Å². The van der Waals surface area contributed by atoms with Crippen molar-refractivity contribution < 1.29 is 18.7 Å². The maximum Gasteiger partial charge on any atom is 0.230 e. The summed E-state index contributed by atoms with van der Waals surface area (Å²) in [6.45, 7) is 1.50. The van der Waals surface area contributed by atoms with Crippen molar-refractivity contribution in [2.45, 2.75) is 17.9 Å². The summed E-state index contributed by atoms with van der Waals surface area (Å²) in [6.07, 6.45) is 0. The molecule has 1 aromatic rings. The number of rotatable bonds is 5. The van der Waals surface area contributed by atoms with Gasteiger partial charge in [-0.25, -0.2) is 8.78 Å². The van der Waals surface area contributed by atoms with E-state index in [0.29, 0.717) is 0 Å². The fraction of sp³-hybridized carbons (Fsp3) is 0.364. The minimum absolute atomic E-state index is 0.0207. The lowest BCUT2D eigenvalue weighted by Crippen LogP contribution is -2.36. The number of aliphatic hydroxyl groups excluding tert-OH is 1. The number of halogens is 2. The molecule has 1 aromatic carbocycles. The standard InChI is InChI=1S/C11H13F2NO2S/c1-7(5-15)14-11(16)6-17-10-3-2-8(12)4-9(10)13/h2-4,7,15H,5-6H2,1H3,(H,14,16)/t7-/m0/s1. The number of carbonyl (C=O) groups excluding carboxylic acids is 1. The van der Waals surface area contributed by atoms with Gasteiger partial charge in [-0.2, -0.15) is 0 Å². The summed E-state index contributed by atoms with van der Waals surface area (Å²) < 4.78 is 25.8. The van der Waals surface area contributed by atoms with Gasteiger partial charge < -0.3 is 10.4 Å². The van der Waals surface area contributed by atoms with Gasteiger partial charge in [0.2, 0.25) is 5.91 Å². The van der Waals surface area contributed by atoms with Crippen LogP contribution in [0, 0.1) is 11.6 Å². The number of amides is 1. The van der Waals surface area contributed by atoms with E-state index in [4.69, 9.17) is 5.11 Å². The average molecular weight is 261 g/mol. The van der Waals surface area contributed by atoms with Gasteiger partial charge in [0.1, 0.15) is 11.6 Å². The zero-order valence-electron chi connectivity index (χ0n) is 9.24. The maximum atomic E-state index is 13.2. The van der Waals surface area contributed by atoms with Crippen LogP contribution in [0.15, 0.2) is 23.1 Å². The molecule has 0 saturated carbocycles. The number of hydrogen-bond acceptors (Lipinski definition) is 3. The van der Waals surface area contributed by atoms with Crippen molar-refractivity contribution >= 4 is 17.7 Å². The highest BCUT2D eigenvalue weighted by Crippen LogP contribution is 2.21. The van der Waals surface area contributed by atoms with Crippen LogP contribution in [-0.4, -0.2) is 29.4 Å². The first-order valence-electron chi connectivity index (χ1n) is 5.01. The number of carbonyl (C=O) groups is 1. The Morgan fingerprint density at radius 1 is 1.53 bits per heavy atom. The second-order valence-corrected chi connectivity index (χ2v) is 4.53. The lowest BCUT2D eigenvalue weighted by atomic mass is 10.3. The molecule has 0 spiro atoms. The summed E-state index contributed by atoms with van der Waals surface area (Å²) in [5.74, 6) is -1.61. The number of aliphatic hydroxyl groups is 1. The average Bonchev–Trinajstić information content (AvgIpc) is 2.27. The molecule has 1 amide bonds. The van der Waals surface area contributed by atoms with Gasteiger partial charge in [-0.3, -0.25) is 4.79 Å². The third-order valence-corrected chi connectivity index (χ3v) is 2.98. The Morgan fingerprint density at radius 3 is 2.82 bits per heavy atom. The van der Waals surface area contributed by atoms with Gasteiger partial charge in [0.15, 0.2) is 0 Å². The van der Waals surface area contributed by atoms with Crippen LogP contribution < -0.4 is 5.32 Å². The second-order valence-electron chi connectivity index (χ2n) is 3.51. The Kier molecular flexibility index (Phi) is 5.37. The zero-order valence-corrected chi connectivity index (χ0v) is 10.1. The van der Waals surface area contributed by atoms with E-state index in [-0.39, 0.29) is 29.2 Å². The number of thioether (sulfide) groups is 1. The van der Waals surface area contributed by atoms with Gasteiger partial charge in [0, 0.05) is 17.0 Å². The van der Waals surface area contributed by atoms with Crippen molar-refractivity contribution in [2.75, 3.05) is 12.4 Å². The Labute approximate surface area is 102 Å². The van der Waals surface area contributed by atoms with E-state index in [1.165, 1.54) is 6.07 Å². The van der Waals surface area contributed by atoms with Crippen LogP contribution in [0.5, 0.6) is 0 Å². The Bertz CT molecular complexity index is 401. The number of nitrogens with one attached hydrogen (secondary N) is 1. The van der Waals surface area contributed by atoms with Gasteiger partial charge in [-0.1, -0.05) is 0 Å². The van der Waals surface area contributed by atoms with Crippen LogP contribution in [0.25, 0.3) is 0 Å². The van der Waals surface area contributed by atoms with Gasteiger partial charge >= 0.3 is 0 Å². The number of benzene rings is 1. The normalized spacial score (nSPS) is 12.2. The lowest BCUT2D eigenvalue weighted by molar-refractivity contribution is -0.119. The van der Waals surface area contributed by atoms with Crippen molar-refractivity contribution in [1.29, 1.82) is 0 Å². The molecule has 0 bridgehead atoms. The predicted molar refractivity (Wildman–Crippen MR) is 61.8 cm³/mol. The summed E-state index contributed by atoms with van der Waals surface area (Å²) in [5.41, 5.74) is 0. The second kappa shape index (κ2) is 6.56. The smallest absolute Gasteiger partial charge is 0.230 e. The molecule has 0 fully saturated rings. The molecule has 0 heterocycles. The Morgan fingerprint density at radius 2 is 2.24 bits per heavy atom. The highest BCUT2D eigenvalue weighted by atomic mass is 32.2. The first kappa shape index (κ1) is 13.9. The van der Waals surface area contributed by atoms with Gasteiger partial charge in [-0.15, -0.1) is 11.8 Å². The molecule has 0 aromatic heterocycles. The highest BCUT2D eigenvalue weighted by Gasteiger charge is 2.09. The minimum Gasteiger partial charge on any atom is -0.394 e. The quantitative estimate of drug-likeness (QED) is 0.791. The topological polar surface area (TPSA) is 49.3 Å². The fourth-order valence-electron chi connectivity index (χ4n) is 1.10. The molecular weight excluding hydrogens is 248 g/mol. The summed E-state index contributed by atoms with van der Waals surface area (Å²) in [6, 6.07) is 2.87. The predicted octanol–water partition coefficient (Wildman–Crippen LogP) is 1.55. The maximum absolute atomic E-state index is 13.2. The van der Waals surface area contributed by atoms with Crippen LogP contribution in [0.2, 0.25) is 0 Å². The molecule has 0 aliphatic heterocycles. The molecule has 17 heavy (non-hydrogen) atoms. The van der Waals surface area contributed by atoms with Crippen LogP contribution in [-0.2, 0) is 4.79 Å². The molecule has 0 saturated heterocycles. The van der Waals surface area contributed by atoms with Gasteiger partial charge in [0.05, 0.1) is 12.4 Å². The molecule has 1 atom stereocenters. The Hall–Kier alpha value is -1.14. The lowest BCUT2D eigenvalue weighted by Gasteiger charge is -2.10. The monoisotopic (exact) mass is 261 g/mol. The molecule has 3 nitrogen and oxygen atoms in total. The van der Waals surface area contributed by atoms with E-state index in [1.807, 2.05) is 0 Å². The molecule has 0 aliphatic rings. The molecule has 0 unspecified atom stereocenters. The highest BCUT2D eigenvalue weighted by molar-refractivity contribution is 8.00. The molecular formula is C11H13F2NO2S. The molecule has 6 heteroatoms. The van der Waals surface area contributed by atoms with Gasteiger partial charge in [0.25, 0.3) is 0 Å². The van der Waals surface area contributed by atoms with E-state index < -0.39 is 11.6 Å². The minimum atomic E-state index is -0.682. The van der Waals surface area contributed by atoms with Gasteiger partial charge in [-0.05, 0) is 19.1 Å². The molecule has 94 valence electrons. The SMILES string of the molecule is C[C@@H](CO)NC(=O)CSc1ccc(F)cc1F. The summed E-state index contributed by atoms with van der Waals surface area (Å²) in [5, 5.41) is 11.2. The van der Waals surface area contributed by atoms with Crippen LogP contribution >= 0.6 is 11.8 Å². The molecule has 2 N–H and O–H groups in total. The van der Waals surface area contributed by atoms with Crippen LogP contribution in [0.3, 0.4) is 0 Å². The number of hydrogen-bond donors (Lipinski definition) is 2. The van der Waals surface area contributed by atoms with Crippen LogP contribution in [0.4, 0.5) is 8.78 Å². The van der Waals surface area contributed by atoms with E-state index in [2.05, 4.69) is 5.32 Å². The Balaban J connectivity index is 2.47. The van der Waals surface area contributed by atoms with E-state index in [0.717, 1.165) is 23.9 Å². The third kappa shape index (κ3) is 4.70. The summed E-state index contributed by atoms with van der Waals surface area (Å²) in [7, 11) is 0. The molecule has 1 rings (SSSR count). The largest absolute Gasteiger partial charge is 0.394 e. The fourth-order valence-corrected chi connectivity index (χ4v) is 1.83. The third-order valence-electron chi connectivity index (χ3n) is 1.93.